The number of benzene rings is 2. The second-order valence-electron chi connectivity index (χ2n) is 5.76. The van der Waals surface area contributed by atoms with E-state index >= 15 is 0 Å². The first-order valence-electron chi connectivity index (χ1n) is 8.18. The first-order valence-corrected chi connectivity index (χ1v) is 8.18. The molecule has 4 nitrogen and oxygen atoms in total. The summed E-state index contributed by atoms with van der Waals surface area (Å²) in [6.07, 6.45) is 1.87. The Morgan fingerprint density at radius 1 is 1.04 bits per heavy atom. The van der Waals surface area contributed by atoms with E-state index in [9.17, 15) is 4.79 Å². The van der Waals surface area contributed by atoms with E-state index in [0.29, 0.717) is 12.2 Å². The number of hydrogen-bond acceptors (Lipinski definition) is 2. The molecule has 3 aromatic rings. The summed E-state index contributed by atoms with van der Waals surface area (Å²) in [7, 11) is 0. The summed E-state index contributed by atoms with van der Waals surface area (Å²) in [6.45, 7) is 2.54. The van der Waals surface area contributed by atoms with E-state index in [1.165, 1.54) is 5.56 Å². The monoisotopic (exact) mass is 319 g/mol. The van der Waals surface area contributed by atoms with Gasteiger partial charge in [0, 0.05) is 6.54 Å². The molecule has 2 aromatic carbocycles. The van der Waals surface area contributed by atoms with Gasteiger partial charge in [0.1, 0.15) is 5.69 Å². The maximum Gasteiger partial charge on any atom is 0.270 e. The smallest absolute Gasteiger partial charge is 0.270 e. The number of nitrogens with zero attached hydrogens (tertiary/aromatic N) is 2. The van der Waals surface area contributed by atoms with Gasteiger partial charge in [-0.1, -0.05) is 48.5 Å². The van der Waals surface area contributed by atoms with Gasteiger partial charge in [-0.05, 0) is 43.5 Å². The van der Waals surface area contributed by atoms with E-state index < -0.39 is 0 Å². The SMILES string of the molecule is Cc1cc(C(=O)NCCCc2ccccc2)n(-c2ccccc2)n1. The van der Waals surface area contributed by atoms with Crippen LogP contribution < -0.4 is 5.32 Å². The van der Waals surface area contributed by atoms with Gasteiger partial charge in [-0.15, -0.1) is 0 Å². The minimum atomic E-state index is -0.0903. The van der Waals surface area contributed by atoms with Crippen molar-refractivity contribution in [2.24, 2.45) is 0 Å². The van der Waals surface area contributed by atoms with Crippen LogP contribution in [0.3, 0.4) is 0 Å². The molecule has 0 spiro atoms. The lowest BCUT2D eigenvalue weighted by molar-refractivity contribution is 0.0945. The number of carbonyl (C=O) groups is 1. The zero-order valence-electron chi connectivity index (χ0n) is 13.8. The average molecular weight is 319 g/mol. The first kappa shape index (κ1) is 16.0. The average Bonchev–Trinajstić information content (AvgIpc) is 3.02. The second-order valence-corrected chi connectivity index (χ2v) is 5.76. The molecule has 0 radical (unpaired) electrons. The molecule has 1 N–H and O–H groups in total. The highest BCUT2D eigenvalue weighted by Crippen LogP contribution is 2.12. The van der Waals surface area contributed by atoms with Crippen LogP contribution in [-0.4, -0.2) is 22.2 Å². The Bertz CT molecular complexity index is 794. The van der Waals surface area contributed by atoms with E-state index in [1.807, 2.05) is 61.5 Å². The third kappa shape index (κ3) is 3.90. The lowest BCUT2D eigenvalue weighted by Crippen LogP contribution is -2.27. The van der Waals surface area contributed by atoms with Gasteiger partial charge in [-0.3, -0.25) is 4.79 Å². The maximum atomic E-state index is 12.5. The van der Waals surface area contributed by atoms with Crippen molar-refractivity contribution < 1.29 is 4.79 Å². The van der Waals surface area contributed by atoms with Gasteiger partial charge < -0.3 is 5.32 Å². The van der Waals surface area contributed by atoms with Gasteiger partial charge in [-0.2, -0.15) is 5.10 Å². The largest absolute Gasteiger partial charge is 0.351 e. The molecule has 24 heavy (non-hydrogen) atoms. The topological polar surface area (TPSA) is 46.9 Å². The normalized spacial score (nSPS) is 10.5. The molecule has 0 atom stereocenters. The van der Waals surface area contributed by atoms with E-state index in [2.05, 4.69) is 22.5 Å². The van der Waals surface area contributed by atoms with Crippen molar-refractivity contribution in [1.29, 1.82) is 0 Å². The van der Waals surface area contributed by atoms with Crippen LogP contribution in [0.2, 0.25) is 0 Å². The highest BCUT2D eigenvalue weighted by molar-refractivity contribution is 5.93. The minimum absolute atomic E-state index is 0.0903. The van der Waals surface area contributed by atoms with Crippen LogP contribution in [-0.2, 0) is 6.42 Å². The number of hydrogen-bond donors (Lipinski definition) is 1. The Hall–Kier alpha value is -2.88. The van der Waals surface area contributed by atoms with Crippen molar-refractivity contribution in [2.45, 2.75) is 19.8 Å². The van der Waals surface area contributed by atoms with Gasteiger partial charge in [0.2, 0.25) is 0 Å². The molecule has 1 amide bonds. The summed E-state index contributed by atoms with van der Waals surface area (Å²) in [4.78, 5) is 12.5. The lowest BCUT2D eigenvalue weighted by Gasteiger charge is -2.08. The molecule has 0 aliphatic rings. The second kappa shape index (κ2) is 7.59. The van der Waals surface area contributed by atoms with Crippen molar-refractivity contribution in [3.05, 3.63) is 83.7 Å². The van der Waals surface area contributed by atoms with E-state index in [1.54, 1.807) is 4.68 Å². The molecular formula is C20H21N3O. The summed E-state index contributed by atoms with van der Waals surface area (Å²) in [5, 5.41) is 7.43. The Kier molecular flexibility index (Phi) is 5.06. The summed E-state index contributed by atoms with van der Waals surface area (Å²) in [5.74, 6) is -0.0903. The third-order valence-corrected chi connectivity index (χ3v) is 3.84. The number of nitrogens with one attached hydrogen (secondary N) is 1. The van der Waals surface area contributed by atoms with Gasteiger partial charge in [0.05, 0.1) is 11.4 Å². The predicted octanol–water partition coefficient (Wildman–Crippen LogP) is 3.54. The lowest BCUT2D eigenvalue weighted by atomic mass is 10.1. The number of carbonyl (C=O) groups excluding carboxylic acids is 1. The molecule has 122 valence electrons. The van der Waals surface area contributed by atoms with Gasteiger partial charge in [-0.25, -0.2) is 4.68 Å². The highest BCUT2D eigenvalue weighted by Gasteiger charge is 2.14. The zero-order valence-corrected chi connectivity index (χ0v) is 13.8. The number of amides is 1. The summed E-state index contributed by atoms with van der Waals surface area (Å²) < 4.78 is 1.70. The van der Waals surface area contributed by atoms with Crippen LogP contribution in [0.1, 0.15) is 28.2 Å². The Balaban J connectivity index is 1.61. The standard InChI is InChI=1S/C20H21N3O/c1-16-15-19(23(22-16)18-12-6-3-7-13-18)20(24)21-14-8-11-17-9-4-2-5-10-17/h2-7,9-10,12-13,15H,8,11,14H2,1H3,(H,21,24). The van der Waals surface area contributed by atoms with Crippen molar-refractivity contribution >= 4 is 5.91 Å². The first-order chi connectivity index (χ1) is 11.7. The third-order valence-electron chi connectivity index (χ3n) is 3.84. The van der Waals surface area contributed by atoms with Crippen LogP contribution in [0.5, 0.6) is 0 Å². The summed E-state index contributed by atoms with van der Waals surface area (Å²) >= 11 is 0. The molecule has 0 saturated carbocycles. The molecule has 0 saturated heterocycles. The van der Waals surface area contributed by atoms with Crippen LogP contribution in [0, 0.1) is 6.92 Å². The van der Waals surface area contributed by atoms with Crippen LogP contribution in [0.15, 0.2) is 66.7 Å². The van der Waals surface area contributed by atoms with Crippen LogP contribution in [0.25, 0.3) is 5.69 Å². The van der Waals surface area contributed by atoms with Gasteiger partial charge >= 0.3 is 0 Å². The summed E-state index contributed by atoms with van der Waals surface area (Å²) in [6, 6.07) is 21.8. The molecule has 3 rings (SSSR count). The van der Waals surface area contributed by atoms with Crippen LogP contribution >= 0.6 is 0 Å². The minimum Gasteiger partial charge on any atom is -0.351 e. The predicted molar refractivity (Wildman–Crippen MR) is 95.4 cm³/mol. The molecule has 0 bridgehead atoms. The molecule has 0 unspecified atom stereocenters. The van der Waals surface area contributed by atoms with Crippen molar-refractivity contribution in [2.75, 3.05) is 6.54 Å². The summed E-state index contributed by atoms with van der Waals surface area (Å²) in [5.41, 5.74) is 3.57. The number of rotatable bonds is 6. The molecule has 1 heterocycles. The van der Waals surface area contributed by atoms with Crippen LogP contribution in [0.4, 0.5) is 0 Å². The van der Waals surface area contributed by atoms with Crippen molar-refractivity contribution in [3.63, 3.8) is 0 Å². The van der Waals surface area contributed by atoms with Gasteiger partial charge in [0.25, 0.3) is 5.91 Å². The van der Waals surface area contributed by atoms with Crippen molar-refractivity contribution in [3.8, 4) is 5.69 Å². The molecule has 0 aliphatic carbocycles. The molecule has 4 heteroatoms. The fraction of sp³-hybridized carbons (Fsp3) is 0.200. The zero-order chi connectivity index (χ0) is 16.8. The number of aromatic nitrogens is 2. The molecule has 1 aromatic heterocycles. The van der Waals surface area contributed by atoms with E-state index in [-0.39, 0.29) is 5.91 Å². The number of para-hydroxylation sites is 1. The maximum absolute atomic E-state index is 12.5. The molecule has 0 fully saturated rings. The van der Waals surface area contributed by atoms with Gasteiger partial charge in [0.15, 0.2) is 0 Å². The quantitative estimate of drug-likeness (QED) is 0.706. The molecule has 0 aliphatic heterocycles. The van der Waals surface area contributed by atoms with E-state index in [4.69, 9.17) is 0 Å². The van der Waals surface area contributed by atoms with E-state index in [0.717, 1.165) is 24.2 Å². The fourth-order valence-electron chi connectivity index (χ4n) is 2.66. The Morgan fingerprint density at radius 3 is 2.42 bits per heavy atom. The highest BCUT2D eigenvalue weighted by atomic mass is 16.2. The fourth-order valence-corrected chi connectivity index (χ4v) is 2.66. The number of aryl methyl sites for hydroxylation is 2. The van der Waals surface area contributed by atoms with Crippen molar-refractivity contribution in [1.82, 2.24) is 15.1 Å². The molecular weight excluding hydrogens is 298 g/mol. The Morgan fingerprint density at radius 2 is 1.71 bits per heavy atom. The Labute approximate surface area is 142 Å².